The Morgan fingerprint density at radius 1 is 0.508 bits per heavy atom. The fourth-order valence-electron chi connectivity index (χ4n) is 4.74. The van der Waals surface area contributed by atoms with Crippen molar-refractivity contribution in [1.29, 1.82) is 0 Å². The van der Waals surface area contributed by atoms with Crippen molar-refractivity contribution >= 4 is 28.9 Å². The molecule has 0 spiro atoms. The zero-order valence-electron chi connectivity index (χ0n) is 34.3. The number of alkyl halides is 3. The molecule has 0 saturated heterocycles. The number of aromatic nitrogens is 1. The summed E-state index contributed by atoms with van der Waals surface area (Å²) in [6.45, 7) is 7.26. The highest BCUT2D eigenvalue weighted by atomic mass is 19.4. The minimum absolute atomic E-state index is 0.0779. The van der Waals surface area contributed by atoms with Crippen LogP contribution >= 0.6 is 0 Å². The molecule has 0 fully saturated rings. The summed E-state index contributed by atoms with van der Waals surface area (Å²) in [5, 5.41) is 0. The highest BCUT2D eigenvalue weighted by Crippen LogP contribution is 2.23. The topological polar surface area (TPSA) is 140 Å². The van der Waals surface area contributed by atoms with Crippen molar-refractivity contribution in [3.8, 4) is 5.75 Å². The molecular formula is C41H61F3N2O13. The second-order valence-electron chi connectivity index (χ2n) is 12.6. The van der Waals surface area contributed by atoms with Gasteiger partial charge < -0.3 is 66.2 Å². The number of rotatable bonds is 38. The maximum Gasteiger partial charge on any atom is 0.411 e. The van der Waals surface area contributed by atoms with Crippen LogP contribution in [0.5, 0.6) is 5.75 Å². The first-order valence-electron chi connectivity index (χ1n) is 19.7. The molecule has 0 unspecified atom stereocenters. The van der Waals surface area contributed by atoms with Crippen LogP contribution in [0.25, 0.3) is 23.3 Å². The van der Waals surface area contributed by atoms with Gasteiger partial charge >= 0.3 is 6.18 Å². The lowest BCUT2D eigenvalue weighted by atomic mass is 10.2. The molecular weight excluding hydrogens is 785 g/mol. The molecule has 3 aromatic rings. The maximum atomic E-state index is 11.9. The van der Waals surface area contributed by atoms with Crippen LogP contribution in [0.1, 0.15) is 11.5 Å². The van der Waals surface area contributed by atoms with Gasteiger partial charge in [-0.15, -0.1) is 0 Å². The second kappa shape index (κ2) is 32.4. The van der Waals surface area contributed by atoms with Crippen molar-refractivity contribution in [3.05, 3.63) is 53.9 Å². The molecule has 3 rings (SSSR count). The molecule has 15 nitrogen and oxygen atoms in total. The Balaban J connectivity index is 0.979. The van der Waals surface area contributed by atoms with E-state index in [0.29, 0.717) is 143 Å². The third kappa shape index (κ3) is 26.4. The van der Waals surface area contributed by atoms with Crippen molar-refractivity contribution in [2.24, 2.45) is 0 Å². The van der Waals surface area contributed by atoms with Crippen LogP contribution in [0.2, 0.25) is 0 Å². The summed E-state index contributed by atoms with van der Waals surface area (Å²) < 4.78 is 106. The molecule has 0 aliphatic heterocycles. The van der Waals surface area contributed by atoms with Crippen molar-refractivity contribution in [2.45, 2.75) is 6.18 Å². The largest absolute Gasteiger partial charge is 0.491 e. The molecule has 0 radical (unpaired) electrons. The molecule has 0 saturated carbocycles. The number of hydrogen-bond acceptors (Lipinski definition) is 15. The number of nitrogens with zero attached hydrogens (tertiary/aromatic N) is 2. The Hall–Kier alpha value is -3.40. The van der Waals surface area contributed by atoms with Crippen LogP contribution in [0.3, 0.4) is 0 Å². The molecule has 1 aromatic heterocycles. The van der Waals surface area contributed by atoms with Crippen molar-refractivity contribution < 1.29 is 74.4 Å². The van der Waals surface area contributed by atoms with Crippen molar-refractivity contribution in [2.75, 3.05) is 171 Å². The van der Waals surface area contributed by atoms with Gasteiger partial charge in [0.1, 0.15) is 24.5 Å². The van der Waals surface area contributed by atoms with Gasteiger partial charge in [0.2, 0.25) is 5.89 Å². The van der Waals surface area contributed by atoms with Gasteiger partial charge in [-0.2, -0.15) is 13.2 Å². The first-order chi connectivity index (χ1) is 28.8. The second-order valence-corrected chi connectivity index (χ2v) is 12.6. The Kier molecular flexibility index (Phi) is 27.4. The maximum absolute atomic E-state index is 11.9. The molecule has 0 aliphatic rings. The van der Waals surface area contributed by atoms with Gasteiger partial charge in [-0.05, 0) is 35.9 Å². The van der Waals surface area contributed by atoms with Crippen LogP contribution in [0, 0.1) is 0 Å². The lowest BCUT2D eigenvalue weighted by Gasteiger charge is -2.11. The molecule has 334 valence electrons. The highest BCUT2D eigenvalue weighted by molar-refractivity contribution is 5.77. The first kappa shape index (κ1) is 50.0. The van der Waals surface area contributed by atoms with Crippen LogP contribution in [0.4, 0.5) is 18.9 Å². The Morgan fingerprint density at radius 2 is 0.898 bits per heavy atom. The van der Waals surface area contributed by atoms with Crippen LogP contribution in [-0.2, 0) is 52.1 Å². The van der Waals surface area contributed by atoms with E-state index in [1.165, 1.54) is 0 Å². The Bertz CT molecular complexity index is 1480. The first-order valence-corrected chi connectivity index (χ1v) is 19.7. The molecule has 59 heavy (non-hydrogen) atoms. The van der Waals surface area contributed by atoms with E-state index in [9.17, 15) is 13.2 Å². The van der Waals surface area contributed by atoms with Crippen LogP contribution < -0.4 is 9.64 Å². The predicted octanol–water partition coefficient (Wildman–Crippen LogP) is 5.19. The average molecular weight is 847 g/mol. The van der Waals surface area contributed by atoms with E-state index in [1.54, 1.807) is 0 Å². The van der Waals surface area contributed by atoms with Crippen LogP contribution in [0.15, 0.2) is 46.9 Å². The lowest BCUT2D eigenvalue weighted by Crippen LogP contribution is -2.19. The number of ether oxygens (including phenoxy) is 12. The Morgan fingerprint density at radius 3 is 1.29 bits per heavy atom. The fraction of sp³-hybridized carbons (Fsp3) is 0.634. The lowest BCUT2D eigenvalue weighted by molar-refractivity contribution is -0.176. The van der Waals surface area contributed by atoms with E-state index in [4.69, 9.17) is 56.5 Å². The van der Waals surface area contributed by atoms with E-state index >= 15 is 0 Å². The quantitative estimate of drug-likeness (QED) is 0.0699. The minimum atomic E-state index is -4.32. The highest BCUT2D eigenvalue weighted by Gasteiger charge is 2.27. The SMILES string of the molecule is CN(C)c1ccc(C=Cc2nc3ccc(OCCOCCOCCOCCOCCOCCOCCOCCOCCOCCOCCOCC(F)(F)F)cc3o2)cc1. The average Bonchev–Trinajstić information content (AvgIpc) is 3.63. The van der Waals surface area contributed by atoms with E-state index in [0.717, 1.165) is 16.8 Å². The minimum Gasteiger partial charge on any atom is -0.491 e. The van der Waals surface area contributed by atoms with E-state index in [2.05, 4.69) is 38.9 Å². The summed E-state index contributed by atoms with van der Waals surface area (Å²) in [7, 11) is 4.03. The van der Waals surface area contributed by atoms with Gasteiger partial charge in [0.25, 0.3) is 0 Å². The number of benzene rings is 2. The monoisotopic (exact) mass is 846 g/mol. The van der Waals surface area contributed by atoms with E-state index in [-0.39, 0.29) is 19.8 Å². The smallest absolute Gasteiger partial charge is 0.411 e. The molecule has 0 atom stereocenters. The van der Waals surface area contributed by atoms with Crippen molar-refractivity contribution in [3.63, 3.8) is 0 Å². The van der Waals surface area contributed by atoms with E-state index < -0.39 is 12.8 Å². The molecule has 0 bridgehead atoms. The third-order valence-electron chi connectivity index (χ3n) is 7.69. The van der Waals surface area contributed by atoms with Gasteiger partial charge in [0, 0.05) is 31.9 Å². The van der Waals surface area contributed by atoms with Crippen LogP contribution in [-0.4, -0.2) is 177 Å². The molecule has 2 aromatic carbocycles. The van der Waals surface area contributed by atoms with Gasteiger partial charge in [-0.3, -0.25) is 0 Å². The van der Waals surface area contributed by atoms with Gasteiger partial charge in [0.05, 0.1) is 139 Å². The number of fused-ring (bicyclic) bond motifs is 1. The molecule has 18 heteroatoms. The third-order valence-corrected chi connectivity index (χ3v) is 7.69. The summed E-state index contributed by atoms with van der Waals surface area (Å²) >= 11 is 0. The number of oxazole rings is 1. The number of anilines is 1. The molecule has 0 amide bonds. The summed E-state index contributed by atoms with van der Waals surface area (Å²) in [6, 6.07) is 13.8. The zero-order valence-corrected chi connectivity index (χ0v) is 34.3. The Labute approximate surface area is 344 Å². The van der Waals surface area contributed by atoms with Crippen molar-refractivity contribution in [1.82, 2.24) is 4.98 Å². The summed E-state index contributed by atoms with van der Waals surface area (Å²) in [6.07, 6.45) is -0.496. The predicted molar refractivity (Wildman–Crippen MR) is 214 cm³/mol. The standard InChI is InChI=1S/C41H61F3N2O13/c1-46(2)36-6-3-35(4-7-36)5-10-40-45-38-9-8-37(33-39(38)59-40)58-32-31-56-28-27-54-24-23-52-20-19-50-16-15-48-12-11-47-13-14-49-17-18-51-21-22-53-25-26-55-29-30-57-34-41(42,43)44/h3-10,33H,11-32,34H2,1-2H3. The zero-order chi connectivity index (χ0) is 42.1. The van der Waals surface area contributed by atoms with E-state index in [1.807, 2.05) is 44.4 Å². The molecule has 0 aliphatic carbocycles. The summed E-state index contributed by atoms with van der Waals surface area (Å²) in [5.41, 5.74) is 3.62. The molecule has 0 N–H and O–H groups in total. The van der Waals surface area contributed by atoms with Gasteiger partial charge in [0.15, 0.2) is 5.58 Å². The normalized spacial score (nSPS) is 12.0. The fourth-order valence-corrected chi connectivity index (χ4v) is 4.74. The molecule has 1 heterocycles. The summed E-state index contributed by atoms with van der Waals surface area (Å²) in [4.78, 5) is 6.58. The number of halogens is 3. The number of hydrogen-bond donors (Lipinski definition) is 0. The summed E-state index contributed by atoms with van der Waals surface area (Å²) in [5.74, 6) is 1.22. The van der Waals surface area contributed by atoms with Gasteiger partial charge in [-0.1, -0.05) is 12.1 Å². The van der Waals surface area contributed by atoms with Gasteiger partial charge in [-0.25, -0.2) is 4.98 Å².